The topological polar surface area (TPSA) is 41.1 Å². The molecule has 4 heteroatoms. The van der Waals surface area contributed by atoms with Crippen LogP contribution in [0.5, 0.6) is 0 Å². The fourth-order valence-corrected chi connectivity index (χ4v) is 2.60. The lowest BCUT2D eigenvalue weighted by molar-refractivity contribution is 0.0955. The minimum atomic E-state index is 0. The third-order valence-electron chi connectivity index (χ3n) is 3.51. The molecule has 0 spiro atoms. The van der Waals surface area contributed by atoms with E-state index in [-0.39, 0.29) is 18.3 Å². The first kappa shape index (κ1) is 16.0. The minimum Gasteiger partial charge on any atom is -0.352 e. The van der Waals surface area contributed by atoms with E-state index in [4.69, 9.17) is 0 Å². The van der Waals surface area contributed by atoms with Crippen molar-refractivity contribution in [2.24, 2.45) is 0 Å². The number of halogens is 1. The summed E-state index contributed by atoms with van der Waals surface area (Å²) in [7, 11) is 0. The molecule has 0 radical (unpaired) electrons. The van der Waals surface area contributed by atoms with E-state index in [1.165, 1.54) is 11.1 Å². The number of carbonyl (C=O) groups is 1. The molecule has 1 aliphatic rings. The Morgan fingerprint density at radius 3 is 2.63 bits per heavy atom. The quantitative estimate of drug-likeness (QED) is 0.895. The first-order valence-electron chi connectivity index (χ1n) is 6.81. The average molecular weight is 283 g/mol. The van der Waals surface area contributed by atoms with Crippen molar-refractivity contribution in [3.05, 3.63) is 34.9 Å². The van der Waals surface area contributed by atoms with Crippen LogP contribution in [0, 0.1) is 6.92 Å². The van der Waals surface area contributed by atoms with Gasteiger partial charge in [0.1, 0.15) is 0 Å². The van der Waals surface area contributed by atoms with E-state index >= 15 is 0 Å². The van der Waals surface area contributed by atoms with Gasteiger partial charge in [-0.3, -0.25) is 4.79 Å². The molecular weight excluding hydrogens is 260 g/mol. The van der Waals surface area contributed by atoms with E-state index in [1.807, 2.05) is 13.0 Å². The SMILES string of the molecule is CCNC(=O)c1cc(C)cc(C2CCNCC2)c1.Cl. The largest absolute Gasteiger partial charge is 0.352 e. The molecular formula is C15H23ClN2O. The summed E-state index contributed by atoms with van der Waals surface area (Å²) in [4.78, 5) is 11.9. The predicted molar refractivity (Wildman–Crippen MR) is 81.3 cm³/mol. The summed E-state index contributed by atoms with van der Waals surface area (Å²) in [6.45, 7) is 6.84. The van der Waals surface area contributed by atoms with Gasteiger partial charge in [-0.05, 0) is 63.4 Å². The lowest BCUT2D eigenvalue weighted by Crippen LogP contribution is -2.27. The fourth-order valence-electron chi connectivity index (χ4n) is 2.60. The van der Waals surface area contributed by atoms with Crippen molar-refractivity contribution >= 4 is 18.3 Å². The van der Waals surface area contributed by atoms with Crippen molar-refractivity contribution < 1.29 is 4.79 Å². The highest BCUT2D eigenvalue weighted by molar-refractivity contribution is 5.94. The molecule has 0 atom stereocenters. The second-order valence-electron chi connectivity index (χ2n) is 5.02. The number of aryl methyl sites for hydroxylation is 1. The van der Waals surface area contributed by atoms with Crippen LogP contribution in [0.3, 0.4) is 0 Å². The number of rotatable bonds is 3. The summed E-state index contributed by atoms with van der Waals surface area (Å²) in [6.07, 6.45) is 2.33. The maximum absolute atomic E-state index is 11.9. The first-order valence-corrected chi connectivity index (χ1v) is 6.81. The van der Waals surface area contributed by atoms with E-state index in [2.05, 4.69) is 29.7 Å². The molecule has 1 fully saturated rings. The highest BCUT2D eigenvalue weighted by atomic mass is 35.5. The highest BCUT2D eigenvalue weighted by Crippen LogP contribution is 2.26. The first-order chi connectivity index (χ1) is 8.70. The van der Waals surface area contributed by atoms with Crippen molar-refractivity contribution in [2.45, 2.75) is 32.6 Å². The molecule has 2 N–H and O–H groups in total. The molecule has 0 saturated carbocycles. The molecule has 3 nitrogen and oxygen atoms in total. The molecule has 1 aromatic carbocycles. The molecule has 0 unspecified atom stereocenters. The van der Waals surface area contributed by atoms with E-state index in [1.54, 1.807) is 0 Å². The molecule has 19 heavy (non-hydrogen) atoms. The summed E-state index contributed by atoms with van der Waals surface area (Å²) in [5.41, 5.74) is 3.29. The summed E-state index contributed by atoms with van der Waals surface area (Å²) in [6, 6.07) is 6.25. The Bertz CT molecular complexity index is 428. The third kappa shape index (κ3) is 4.22. The van der Waals surface area contributed by atoms with Crippen molar-refractivity contribution in [3.63, 3.8) is 0 Å². The van der Waals surface area contributed by atoms with Crippen LogP contribution in [0.1, 0.15) is 47.2 Å². The molecule has 0 aliphatic carbocycles. The number of hydrogen-bond donors (Lipinski definition) is 2. The second kappa shape index (κ2) is 7.51. The van der Waals surface area contributed by atoms with Crippen LogP contribution >= 0.6 is 12.4 Å². The molecule has 2 rings (SSSR count). The maximum Gasteiger partial charge on any atom is 0.251 e. The van der Waals surface area contributed by atoms with Crippen molar-refractivity contribution in [1.82, 2.24) is 10.6 Å². The van der Waals surface area contributed by atoms with Crippen LogP contribution in [0.4, 0.5) is 0 Å². The number of carbonyl (C=O) groups excluding carboxylic acids is 1. The van der Waals surface area contributed by atoms with E-state index < -0.39 is 0 Å². The van der Waals surface area contributed by atoms with Gasteiger partial charge in [0.05, 0.1) is 0 Å². The van der Waals surface area contributed by atoms with Gasteiger partial charge in [0.25, 0.3) is 5.91 Å². The minimum absolute atomic E-state index is 0. The van der Waals surface area contributed by atoms with Crippen LogP contribution in [-0.2, 0) is 0 Å². The van der Waals surface area contributed by atoms with Crippen LogP contribution in [-0.4, -0.2) is 25.5 Å². The van der Waals surface area contributed by atoms with Gasteiger partial charge in [-0.15, -0.1) is 12.4 Å². The van der Waals surface area contributed by atoms with Crippen molar-refractivity contribution in [3.8, 4) is 0 Å². The van der Waals surface area contributed by atoms with Gasteiger partial charge < -0.3 is 10.6 Å². The number of piperidine rings is 1. The van der Waals surface area contributed by atoms with Crippen molar-refractivity contribution in [2.75, 3.05) is 19.6 Å². The highest BCUT2D eigenvalue weighted by Gasteiger charge is 2.17. The van der Waals surface area contributed by atoms with E-state index in [0.29, 0.717) is 12.5 Å². The molecule has 1 aliphatic heterocycles. The predicted octanol–water partition coefficient (Wildman–Crippen LogP) is 2.63. The van der Waals surface area contributed by atoms with Gasteiger partial charge >= 0.3 is 0 Å². The van der Waals surface area contributed by atoms with Crippen LogP contribution < -0.4 is 10.6 Å². The van der Waals surface area contributed by atoms with Gasteiger partial charge in [0.2, 0.25) is 0 Å². The molecule has 0 aromatic heterocycles. The van der Waals surface area contributed by atoms with E-state index in [9.17, 15) is 4.79 Å². The lowest BCUT2D eigenvalue weighted by Gasteiger charge is -2.23. The fraction of sp³-hybridized carbons (Fsp3) is 0.533. The summed E-state index contributed by atoms with van der Waals surface area (Å²) in [5.74, 6) is 0.635. The van der Waals surface area contributed by atoms with Crippen LogP contribution in [0.2, 0.25) is 0 Å². The lowest BCUT2D eigenvalue weighted by atomic mass is 9.88. The molecule has 1 amide bonds. The Morgan fingerprint density at radius 1 is 1.32 bits per heavy atom. The Hall–Kier alpha value is -1.06. The zero-order valence-electron chi connectivity index (χ0n) is 11.7. The monoisotopic (exact) mass is 282 g/mol. The Balaban J connectivity index is 0.00000180. The van der Waals surface area contributed by atoms with Crippen LogP contribution in [0.25, 0.3) is 0 Å². The zero-order valence-corrected chi connectivity index (χ0v) is 12.5. The average Bonchev–Trinajstić information content (AvgIpc) is 2.39. The molecule has 0 bridgehead atoms. The Kier molecular flexibility index (Phi) is 6.32. The summed E-state index contributed by atoms with van der Waals surface area (Å²) < 4.78 is 0. The number of hydrogen-bond acceptors (Lipinski definition) is 2. The van der Waals surface area contributed by atoms with Crippen LogP contribution in [0.15, 0.2) is 18.2 Å². The van der Waals surface area contributed by atoms with Gasteiger partial charge in [0.15, 0.2) is 0 Å². The van der Waals surface area contributed by atoms with Gasteiger partial charge in [-0.1, -0.05) is 11.6 Å². The standard InChI is InChI=1S/C15H22N2O.ClH/c1-3-17-15(18)14-9-11(2)8-13(10-14)12-4-6-16-7-5-12;/h8-10,12,16H,3-7H2,1-2H3,(H,17,18);1H. The maximum atomic E-state index is 11.9. The molecule has 1 heterocycles. The Morgan fingerprint density at radius 2 is 2.00 bits per heavy atom. The third-order valence-corrected chi connectivity index (χ3v) is 3.51. The zero-order chi connectivity index (χ0) is 13.0. The smallest absolute Gasteiger partial charge is 0.251 e. The molecule has 1 aromatic rings. The number of amides is 1. The summed E-state index contributed by atoms with van der Waals surface area (Å²) >= 11 is 0. The van der Waals surface area contributed by atoms with E-state index in [0.717, 1.165) is 31.5 Å². The summed E-state index contributed by atoms with van der Waals surface area (Å²) in [5, 5.41) is 6.25. The normalized spacial score (nSPS) is 15.7. The van der Waals surface area contributed by atoms with Gasteiger partial charge in [-0.2, -0.15) is 0 Å². The van der Waals surface area contributed by atoms with Gasteiger partial charge in [-0.25, -0.2) is 0 Å². The number of nitrogens with one attached hydrogen (secondary N) is 2. The second-order valence-corrected chi connectivity index (χ2v) is 5.02. The van der Waals surface area contributed by atoms with Crippen molar-refractivity contribution in [1.29, 1.82) is 0 Å². The number of benzene rings is 1. The Labute approximate surface area is 121 Å². The molecule has 106 valence electrons. The molecule has 1 saturated heterocycles. The van der Waals surface area contributed by atoms with Gasteiger partial charge in [0, 0.05) is 12.1 Å².